The summed E-state index contributed by atoms with van der Waals surface area (Å²) in [7, 11) is 1.84. The van der Waals surface area contributed by atoms with E-state index < -0.39 is 17.6 Å². The molecule has 0 radical (unpaired) electrons. The SMILES string of the molecule is Cn1cc(-c2cccc([C@H](NC(=O)c3cccc(C(F)(F)F)c3)[C@@H]3CCCCN3)c2)cn1. The molecule has 0 bridgehead atoms. The summed E-state index contributed by atoms with van der Waals surface area (Å²) >= 11 is 0. The first kappa shape index (κ1) is 22.1. The Balaban J connectivity index is 1.64. The molecule has 1 fully saturated rings. The van der Waals surface area contributed by atoms with Gasteiger partial charge in [-0.25, -0.2) is 0 Å². The van der Waals surface area contributed by atoms with Gasteiger partial charge in [-0.05, 0) is 54.8 Å². The molecule has 0 saturated carbocycles. The zero-order valence-corrected chi connectivity index (χ0v) is 17.7. The van der Waals surface area contributed by atoms with E-state index in [0.29, 0.717) is 0 Å². The molecular formula is C24H25F3N4O. The van der Waals surface area contributed by atoms with Crippen LogP contribution >= 0.6 is 0 Å². The van der Waals surface area contributed by atoms with Crippen molar-refractivity contribution in [1.82, 2.24) is 20.4 Å². The molecule has 3 aromatic rings. The van der Waals surface area contributed by atoms with Crippen molar-refractivity contribution in [2.75, 3.05) is 6.54 Å². The fourth-order valence-electron chi connectivity index (χ4n) is 4.12. The van der Waals surface area contributed by atoms with Crippen molar-refractivity contribution in [1.29, 1.82) is 0 Å². The molecule has 8 heteroatoms. The van der Waals surface area contributed by atoms with E-state index in [-0.39, 0.29) is 17.6 Å². The highest BCUT2D eigenvalue weighted by Crippen LogP contribution is 2.31. The van der Waals surface area contributed by atoms with Crippen LogP contribution in [0, 0.1) is 0 Å². The molecule has 168 valence electrons. The second kappa shape index (κ2) is 9.16. The summed E-state index contributed by atoms with van der Waals surface area (Å²) in [6.45, 7) is 0.836. The highest BCUT2D eigenvalue weighted by Gasteiger charge is 2.32. The number of hydrogen-bond donors (Lipinski definition) is 2. The van der Waals surface area contributed by atoms with Gasteiger partial charge >= 0.3 is 6.18 Å². The molecule has 0 aliphatic carbocycles. The molecule has 1 aliphatic rings. The van der Waals surface area contributed by atoms with Crippen LogP contribution in [0.3, 0.4) is 0 Å². The van der Waals surface area contributed by atoms with Gasteiger partial charge in [0.25, 0.3) is 5.91 Å². The monoisotopic (exact) mass is 442 g/mol. The third-order valence-corrected chi connectivity index (χ3v) is 5.77. The zero-order chi connectivity index (χ0) is 22.7. The van der Waals surface area contributed by atoms with Crippen LogP contribution in [0.1, 0.15) is 46.8 Å². The Kier molecular flexibility index (Phi) is 6.32. The van der Waals surface area contributed by atoms with Crippen molar-refractivity contribution in [2.45, 2.75) is 37.5 Å². The number of alkyl halides is 3. The van der Waals surface area contributed by atoms with Crippen molar-refractivity contribution in [3.8, 4) is 11.1 Å². The van der Waals surface area contributed by atoms with Crippen LogP contribution < -0.4 is 10.6 Å². The maximum atomic E-state index is 13.1. The Bertz CT molecular complexity index is 1090. The van der Waals surface area contributed by atoms with E-state index >= 15 is 0 Å². The fraction of sp³-hybridized carbons (Fsp3) is 0.333. The van der Waals surface area contributed by atoms with Gasteiger partial charge in [0.05, 0.1) is 17.8 Å². The summed E-state index contributed by atoms with van der Waals surface area (Å²) in [5.41, 5.74) is 1.96. The maximum absolute atomic E-state index is 13.1. The Morgan fingerprint density at radius 3 is 2.66 bits per heavy atom. The first-order valence-corrected chi connectivity index (χ1v) is 10.6. The first-order valence-electron chi connectivity index (χ1n) is 10.6. The van der Waals surface area contributed by atoms with Crippen LogP contribution in [0.2, 0.25) is 0 Å². The van der Waals surface area contributed by atoms with Crippen LogP contribution in [0.25, 0.3) is 11.1 Å². The molecule has 1 amide bonds. The van der Waals surface area contributed by atoms with Gasteiger partial charge in [-0.3, -0.25) is 9.48 Å². The molecule has 1 aromatic heterocycles. The number of aromatic nitrogens is 2. The lowest BCUT2D eigenvalue weighted by molar-refractivity contribution is -0.137. The zero-order valence-electron chi connectivity index (χ0n) is 17.7. The van der Waals surface area contributed by atoms with Gasteiger partial charge in [0.2, 0.25) is 0 Å². The third kappa shape index (κ3) is 5.02. The number of carbonyl (C=O) groups is 1. The largest absolute Gasteiger partial charge is 0.416 e. The average Bonchev–Trinajstić information content (AvgIpc) is 3.24. The summed E-state index contributed by atoms with van der Waals surface area (Å²) in [6, 6.07) is 12.0. The number of nitrogens with one attached hydrogen (secondary N) is 2. The summed E-state index contributed by atoms with van der Waals surface area (Å²) in [5.74, 6) is -0.528. The molecule has 32 heavy (non-hydrogen) atoms. The quantitative estimate of drug-likeness (QED) is 0.601. The number of carbonyl (C=O) groups excluding carboxylic acids is 1. The highest BCUT2D eigenvalue weighted by molar-refractivity contribution is 5.94. The molecule has 5 nitrogen and oxygen atoms in total. The highest BCUT2D eigenvalue weighted by atomic mass is 19.4. The molecule has 2 N–H and O–H groups in total. The number of nitrogens with zero attached hydrogens (tertiary/aromatic N) is 2. The van der Waals surface area contributed by atoms with Crippen LogP contribution in [-0.2, 0) is 13.2 Å². The summed E-state index contributed by atoms with van der Waals surface area (Å²) < 4.78 is 41.0. The lowest BCUT2D eigenvalue weighted by Gasteiger charge is -2.32. The first-order chi connectivity index (χ1) is 15.3. The van der Waals surface area contributed by atoms with Crippen molar-refractivity contribution >= 4 is 5.91 Å². The van der Waals surface area contributed by atoms with Gasteiger partial charge < -0.3 is 10.6 Å². The predicted octanol–water partition coefficient (Wildman–Crippen LogP) is 4.72. The number of rotatable bonds is 5. The van der Waals surface area contributed by atoms with Gasteiger partial charge in [-0.15, -0.1) is 0 Å². The molecule has 4 rings (SSSR count). The number of hydrogen-bond acceptors (Lipinski definition) is 3. The molecule has 2 atom stereocenters. The van der Waals surface area contributed by atoms with Gasteiger partial charge in [0, 0.05) is 30.4 Å². The van der Waals surface area contributed by atoms with Crippen LogP contribution in [0.5, 0.6) is 0 Å². The van der Waals surface area contributed by atoms with Gasteiger partial charge in [-0.1, -0.05) is 30.7 Å². The minimum atomic E-state index is -4.50. The van der Waals surface area contributed by atoms with E-state index in [1.54, 1.807) is 10.9 Å². The van der Waals surface area contributed by atoms with E-state index in [1.807, 2.05) is 37.5 Å². The topological polar surface area (TPSA) is 59.0 Å². The lowest BCUT2D eigenvalue weighted by Crippen LogP contribution is -2.46. The van der Waals surface area contributed by atoms with Gasteiger partial charge in [0.1, 0.15) is 0 Å². The Morgan fingerprint density at radius 2 is 1.97 bits per heavy atom. The maximum Gasteiger partial charge on any atom is 0.416 e. The number of piperidine rings is 1. The second-order valence-electron chi connectivity index (χ2n) is 8.11. The van der Waals surface area contributed by atoms with Crippen LogP contribution in [-0.4, -0.2) is 28.3 Å². The van der Waals surface area contributed by atoms with E-state index in [1.165, 1.54) is 12.1 Å². The minimum Gasteiger partial charge on any atom is -0.344 e. The normalized spacial score (nSPS) is 17.7. The molecule has 1 aliphatic heterocycles. The standard InChI is InChI=1S/C24H25F3N4O/c1-31-15-19(14-29-31)16-6-4-7-17(12-16)22(21-10-2-3-11-28-21)30-23(32)18-8-5-9-20(13-18)24(25,26)27/h4-9,12-15,21-22,28H,2-3,10-11H2,1H3,(H,30,32)/t21-,22-/m0/s1. The second-order valence-corrected chi connectivity index (χ2v) is 8.11. The fourth-order valence-corrected chi connectivity index (χ4v) is 4.12. The third-order valence-electron chi connectivity index (χ3n) is 5.77. The number of amides is 1. The number of halogens is 3. The Morgan fingerprint density at radius 1 is 1.16 bits per heavy atom. The van der Waals surface area contributed by atoms with Crippen LogP contribution in [0.4, 0.5) is 13.2 Å². The average molecular weight is 442 g/mol. The Hall–Kier alpha value is -3.13. The summed E-state index contributed by atoms with van der Waals surface area (Å²) in [4.78, 5) is 13.0. The van der Waals surface area contributed by atoms with Crippen molar-refractivity contribution in [3.05, 3.63) is 77.6 Å². The molecular weight excluding hydrogens is 417 g/mol. The van der Waals surface area contributed by atoms with Gasteiger partial charge in [0.15, 0.2) is 0 Å². The number of benzene rings is 2. The molecule has 2 aromatic carbocycles. The van der Waals surface area contributed by atoms with Gasteiger partial charge in [-0.2, -0.15) is 18.3 Å². The van der Waals surface area contributed by atoms with E-state index in [2.05, 4.69) is 15.7 Å². The van der Waals surface area contributed by atoms with Crippen molar-refractivity contribution < 1.29 is 18.0 Å². The smallest absolute Gasteiger partial charge is 0.344 e. The van der Waals surface area contributed by atoms with Crippen molar-refractivity contribution in [3.63, 3.8) is 0 Å². The van der Waals surface area contributed by atoms with E-state index in [9.17, 15) is 18.0 Å². The molecule has 0 spiro atoms. The summed E-state index contributed by atoms with van der Waals surface area (Å²) in [6.07, 6.45) is 2.13. The van der Waals surface area contributed by atoms with Crippen LogP contribution in [0.15, 0.2) is 60.9 Å². The Labute approximate surface area is 184 Å². The predicted molar refractivity (Wildman–Crippen MR) is 116 cm³/mol. The molecule has 1 saturated heterocycles. The molecule has 2 heterocycles. The lowest BCUT2D eigenvalue weighted by atomic mass is 9.91. The molecule has 0 unspecified atom stereocenters. The minimum absolute atomic E-state index is 0.0101. The summed E-state index contributed by atoms with van der Waals surface area (Å²) in [5, 5.41) is 10.7. The van der Waals surface area contributed by atoms with E-state index in [0.717, 1.165) is 54.6 Å². The van der Waals surface area contributed by atoms with E-state index in [4.69, 9.17) is 0 Å². The number of aryl methyl sites for hydroxylation is 1. The van der Waals surface area contributed by atoms with Crippen molar-refractivity contribution in [2.24, 2.45) is 7.05 Å².